The van der Waals surface area contributed by atoms with Crippen LogP contribution in [0, 0.1) is 5.92 Å². The highest BCUT2D eigenvalue weighted by Crippen LogP contribution is 2.19. The number of sulfone groups is 1. The number of carboxylic acids is 2. The second kappa shape index (κ2) is 11.1. The molecule has 0 fully saturated rings. The van der Waals surface area contributed by atoms with Crippen LogP contribution in [0.5, 0.6) is 5.75 Å². The number of aryl methyl sites for hydroxylation is 1. The van der Waals surface area contributed by atoms with Crippen molar-refractivity contribution < 1.29 is 37.8 Å². The number of guanidine groups is 1. The lowest BCUT2D eigenvalue weighted by atomic mass is 10.1. The van der Waals surface area contributed by atoms with E-state index in [1.54, 1.807) is 12.1 Å². The average Bonchev–Trinajstić information content (AvgIpc) is 2.72. The van der Waals surface area contributed by atoms with Crippen molar-refractivity contribution in [3.05, 3.63) is 59.7 Å². The molecule has 0 radical (unpaired) electrons. The molecule has 0 aliphatic heterocycles. The predicted molar refractivity (Wildman–Crippen MR) is 119 cm³/mol. The third-order valence-electron chi connectivity index (χ3n) is 4.40. The molecule has 2 aromatic rings. The first-order chi connectivity index (χ1) is 15.4. The minimum Gasteiger partial charge on any atom is -0.481 e. The molecule has 176 valence electrons. The molecule has 2 aromatic carbocycles. The molecule has 0 saturated heterocycles. The number of nitrogens with zero attached hydrogens (tertiary/aromatic N) is 1. The van der Waals surface area contributed by atoms with Crippen molar-refractivity contribution in [3.63, 3.8) is 0 Å². The van der Waals surface area contributed by atoms with E-state index in [1.807, 2.05) is 0 Å². The maximum absolute atomic E-state index is 12.3. The topological polar surface area (TPSA) is 199 Å². The van der Waals surface area contributed by atoms with Gasteiger partial charge < -0.3 is 26.4 Å². The molecule has 12 heteroatoms. The van der Waals surface area contributed by atoms with Crippen LogP contribution in [0.3, 0.4) is 0 Å². The number of aliphatic imine (C=N–C) groups is 1. The molecule has 0 heterocycles. The van der Waals surface area contributed by atoms with Crippen LogP contribution in [-0.2, 0) is 25.8 Å². The Balaban J connectivity index is 2.01. The summed E-state index contributed by atoms with van der Waals surface area (Å²) in [5.41, 5.74) is 11.8. The van der Waals surface area contributed by atoms with E-state index in [4.69, 9.17) is 26.4 Å². The number of aliphatic carboxylic acids is 2. The normalized spacial score (nSPS) is 11.9. The fourth-order valence-electron chi connectivity index (χ4n) is 2.84. The van der Waals surface area contributed by atoms with Crippen LogP contribution in [0.4, 0.5) is 5.69 Å². The number of carbonyl (C=O) groups is 3. The van der Waals surface area contributed by atoms with E-state index in [-0.39, 0.29) is 29.4 Å². The molecule has 6 N–H and O–H groups in total. The molecule has 11 nitrogen and oxygen atoms in total. The van der Waals surface area contributed by atoms with Gasteiger partial charge in [-0.25, -0.2) is 18.2 Å². The number of hydrogen-bond acceptors (Lipinski definition) is 7. The summed E-state index contributed by atoms with van der Waals surface area (Å²) in [5.74, 6) is -6.15. The van der Waals surface area contributed by atoms with Crippen LogP contribution in [0.15, 0.2) is 53.5 Å². The third-order valence-corrected chi connectivity index (χ3v) is 6.13. The summed E-state index contributed by atoms with van der Waals surface area (Å²) >= 11 is 0. The van der Waals surface area contributed by atoms with Crippen molar-refractivity contribution in [1.82, 2.24) is 0 Å². The Kier molecular flexibility index (Phi) is 8.51. The lowest BCUT2D eigenvalue weighted by Gasteiger charge is -2.11. The average molecular weight is 477 g/mol. The highest BCUT2D eigenvalue weighted by atomic mass is 32.2. The number of hydrogen-bond donors (Lipinski definition) is 4. The Hall–Kier alpha value is -3.93. The molecule has 0 saturated carbocycles. The van der Waals surface area contributed by atoms with E-state index in [9.17, 15) is 22.8 Å². The van der Waals surface area contributed by atoms with Crippen molar-refractivity contribution in [2.24, 2.45) is 22.4 Å². The minimum absolute atomic E-state index is 0.0281. The molecule has 0 amide bonds. The van der Waals surface area contributed by atoms with Gasteiger partial charge in [0.1, 0.15) is 5.75 Å². The van der Waals surface area contributed by atoms with Gasteiger partial charge in [0, 0.05) is 0 Å². The summed E-state index contributed by atoms with van der Waals surface area (Å²) < 4.78 is 29.9. The van der Waals surface area contributed by atoms with Crippen molar-refractivity contribution in [1.29, 1.82) is 0 Å². The molecule has 0 unspecified atom stereocenters. The maximum atomic E-state index is 12.3. The molecule has 0 aliphatic rings. The van der Waals surface area contributed by atoms with Gasteiger partial charge in [-0.3, -0.25) is 9.59 Å². The predicted octanol–water partition coefficient (Wildman–Crippen LogP) is 0.944. The van der Waals surface area contributed by atoms with Gasteiger partial charge in [-0.2, -0.15) is 0 Å². The van der Waals surface area contributed by atoms with Gasteiger partial charge in [-0.15, -0.1) is 0 Å². The van der Waals surface area contributed by atoms with Crippen molar-refractivity contribution in [2.45, 2.75) is 12.8 Å². The molecule has 0 bridgehead atoms. The molecule has 33 heavy (non-hydrogen) atoms. The highest BCUT2D eigenvalue weighted by Gasteiger charge is 2.27. The first kappa shape index (κ1) is 25.3. The molecule has 0 spiro atoms. The Labute approximate surface area is 189 Å². The molecular weight excluding hydrogens is 454 g/mol. The van der Waals surface area contributed by atoms with Gasteiger partial charge in [0.05, 0.1) is 35.1 Å². The third kappa shape index (κ3) is 8.61. The first-order valence-electron chi connectivity index (χ1n) is 9.61. The number of carboxylic acid groups (broad SMARTS) is 2. The van der Waals surface area contributed by atoms with Gasteiger partial charge in [0.25, 0.3) is 0 Å². The monoisotopic (exact) mass is 477 g/mol. The first-order valence-corrected chi connectivity index (χ1v) is 11.4. The van der Waals surface area contributed by atoms with Crippen LogP contribution >= 0.6 is 0 Å². The van der Waals surface area contributed by atoms with Crippen molar-refractivity contribution >= 4 is 39.4 Å². The number of carbonyl (C=O) groups excluding carboxylic acids is 1. The van der Waals surface area contributed by atoms with E-state index in [2.05, 4.69) is 4.99 Å². The molecule has 2 rings (SSSR count). The molecule has 0 aromatic heterocycles. The van der Waals surface area contributed by atoms with E-state index in [0.29, 0.717) is 11.3 Å². The second-order valence-corrected chi connectivity index (χ2v) is 9.35. The lowest BCUT2D eigenvalue weighted by molar-refractivity contribution is -0.147. The summed E-state index contributed by atoms with van der Waals surface area (Å²) in [6, 6.07) is 12.3. The Bertz CT molecular complexity index is 1160. The Morgan fingerprint density at radius 3 is 2.27 bits per heavy atom. The second-order valence-electron chi connectivity index (χ2n) is 7.12. The van der Waals surface area contributed by atoms with Gasteiger partial charge in [-0.05, 0) is 48.4 Å². The van der Waals surface area contributed by atoms with Crippen LogP contribution in [-0.4, -0.2) is 54.0 Å². The molecule has 1 atom stereocenters. The summed E-state index contributed by atoms with van der Waals surface area (Å²) in [4.78, 5) is 38.1. The Morgan fingerprint density at radius 1 is 1.03 bits per heavy atom. The fourth-order valence-corrected chi connectivity index (χ4v) is 4.43. The van der Waals surface area contributed by atoms with E-state index >= 15 is 0 Å². The summed E-state index contributed by atoms with van der Waals surface area (Å²) in [6.07, 6.45) is -0.757. The van der Waals surface area contributed by atoms with E-state index in [0.717, 1.165) is 0 Å². The summed E-state index contributed by atoms with van der Waals surface area (Å²) in [5, 5.41) is 17.8. The largest absolute Gasteiger partial charge is 0.481 e. The zero-order chi connectivity index (χ0) is 24.6. The zero-order valence-electron chi connectivity index (χ0n) is 17.4. The quantitative estimate of drug-likeness (QED) is 0.156. The smallest absolute Gasteiger partial charge is 0.343 e. The van der Waals surface area contributed by atoms with Gasteiger partial charge in [-0.1, -0.05) is 12.1 Å². The van der Waals surface area contributed by atoms with Crippen LogP contribution < -0.4 is 16.2 Å². The maximum Gasteiger partial charge on any atom is 0.343 e. The van der Waals surface area contributed by atoms with E-state index in [1.165, 1.54) is 36.4 Å². The Morgan fingerprint density at radius 2 is 1.70 bits per heavy atom. The highest BCUT2D eigenvalue weighted by molar-refractivity contribution is 7.91. The summed E-state index contributed by atoms with van der Waals surface area (Å²) in [7, 11) is -3.84. The summed E-state index contributed by atoms with van der Waals surface area (Å²) in [6.45, 7) is 0. The van der Waals surface area contributed by atoms with Crippen LogP contribution in [0.2, 0.25) is 0 Å². The van der Waals surface area contributed by atoms with Gasteiger partial charge in [0.15, 0.2) is 15.8 Å². The van der Waals surface area contributed by atoms with Crippen molar-refractivity contribution in [3.8, 4) is 5.75 Å². The van der Waals surface area contributed by atoms with E-state index < -0.39 is 45.8 Å². The molecular formula is C21H23N3O8S. The van der Waals surface area contributed by atoms with Crippen LogP contribution in [0.25, 0.3) is 0 Å². The zero-order valence-corrected chi connectivity index (χ0v) is 18.2. The number of nitrogens with two attached hydrogens (primary N) is 2. The number of benzene rings is 2. The molecule has 0 aliphatic carbocycles. The standard InChI is InChI=1S/C21H23N3O8S/c22-21(23)24-16-6-4-14(5-7-16)20(29)32-17-3-1-2-13(10-17)8-9-33(30,31)12-15(19(27)28)11-18(25)26/h1-7,10,15H,8-9,11-12H2,(H,25,26)(H,27,28)(H4,22,23,24)/t15-/m1/s1. The SMILES string of the molecule is NC(N)=Nc1ccc(C(=O)Oc2cccc(CCS(=O)(=O)C[C@@H](CC(=O)O)C(=O)O)c2)cc1. The van der Waals surface area contributed by atoms with Crippen LogP contribution in [0.1, 0.15) is 22.3 Å². The van der Waals surface area contributed by atoms with Gasteiger partial charge in [0.2, 0.25) is 0 Å². The minimum atomic E-state index is -3.84. The lowest BCUT2D eigenvalue weighted by Crippen LogP contribution is -2.28. The number of rotatable bonds is 11. The van der Waals surface area contributed by atoms with Gasteiger partial charge >= 0.3 is 17.9 Å². The number of ether oxygens (including phenoxy) is 1. The van der Waals surface area contributed by atoms with Crippen molar-refractivity contribution in [2.75, 3.05) is 11.5 Å². The number of esters is 1. The fraction of sp³-hybridized carbons (Fsp3) is 0.238.